The number of nitrogens with one attached hydrogen (secondary N) is 2. The van der Waals surface area contributed by atoms with Gasteiger partial charge in [-0.1, -0.05) is 12.1 Å². The number of aliphatic hydroxyl groups is 4. The van der Waals surface area contributed by atoms with E-state index in [2.05, 4.69) is 16.4 Å². The molecule has 0 unspecified atom stereocenters. The Kier molecular flexibility index (Phi) is 9.31. The summed E-state index contributed by atoms with van der Waals surface area (Å²) in [5, 5.41) is 52.0. The van der Waals surface area contributed by atoms with Crippen LogP contribution in [0.3, 0.4) is 0 Å². The number of hydrogen-bond acceptors (Lipinski definition) is 10. The zero-order valence-corrected chi connectivity index (χ0v) is 17.1. The molecule has 2 amide bonds. The van der Waals surface area contributed by atoms with E-state index in [4.69, 9.17) is 9.47 Å². The molecule has 1 aromatic carbocycles. The molecule has 1 saturated heterocycles. The van der Waals surface area contributed by atoms with Gasteiger partial charge in [0.05, 0.1) is 6.54 Å². The number of esters is 1. The van der Waals surface area contributed by atoms with E-state index in [1.54, 1.807) is 12.1 Å². The lowest BCUT2D eigenvalue weighted by Crippen LogP contribution is -2.68. The van der Waals surface area contributed by atoms with Crippen molar-refractivity contribution in [1.29, 1.82) is 0 Å². The van der Waals surface area contributed by atoms with Crippen molar-refractivity contribution in [3.63, 3.8) is 0 Å². The number of amides is 2. The summed E-state index contributed by atoms with van der Waals surface area (Å²) >= 11 is 0. The van der Waals surface area contributed by atoms with Crippen molar-refractivity contribution in [2.75, 3.05) is 19.7 Å². The smallest absolute Gasteiger partial charge is 0.325 e. The van der Waals surface area contributed by atoms with Crippen LogP contribution in [-0.2, 0) is 30.3 Å². The van der Waals surface area contributed by atoms with Crippen LogP contribution >= 0.6 is 0 Å². The fourth-order valence-corrected chi connectivity index (χ4v) is 2.85. The third-order valence-corrected chi connectivity index (χ3v) is 4.74. The summed E-state index contributed by atoms with van der Waals surface area (Å²) in [7, 11) is 0. The average molecular weight is 458 g/mol. The van der Waals surface area contributed by atoms with Gasteiger partial charge in [-0.25, -0.2) is 0 Å². The van der Waals surface area contributed by atoms with E-state index in [-0.39, 0.29) is 5.75 Å². The molecule has 0 aromatic heterocycles. The minimum Gasteiger partial charge on any atom is -0.508 e. The fraction of sp³-hybridized carbons (Fsp3) is 0.526. The number of aliphatic hydroxyl groups excluding tert-OH is 4. The lowest BCUT2D eigenvalue weighted by Gasteiger charge is -2.37. The fourth-order valence-electron chi connectivity index (χ4n) is 2.85. The molecule has 0 saturated carbocycles. The van der Waals surface area contributed by atoms with Crippen LogP contribution in [0.2, 0.25) is 0 Å². The zero-order chi connectivity index (χ0) is 23.8. The Balaban J connectivity index is 1.65. The standard InChI is InChI=1S/C19H27N3O10/c20-11(5-9-1-3-10(23)4-2-9)18(29)22-6-13(24)21-7-14(25)31-8-12-15(26)16(27)17(28)19(30)32-12/h1-4,11-12,15-17,19,23,26-28,30H,5-8,20H2,(H,21,24)(H,22,29)/p+1/t11-,12+,15+,16-,17+,19+/m0/s1. The highest BCUT2D eigenvalue weighted by Gasteiger charge is 2.43. The number of carbonyl (C=O) groups is 3. The molecule has 13 nitrogen and oxygen atoms in total. The Hall–Kier alpha value is -2.81. The summed E-state index contributed by atoms with van der Waals surface area (Å²) in [6, 6.07) is 5.60. The number of hydrogen-bond donors (Lipinski definition) is 8. The molecule has 2 rings (SSSR count). The van der Waals surface area contributed by atoms with Crippen molar-refractivity contribution in [3.8, 4) is 5.75 Å². The Morgan fingerprint density at radius 3 is 2.31 bits per heavy atom. The van der Waals surface area contributed by atoms with Gasteiger partial charge in [0.2, 0.25) is 5.91 Å². The SMILES string of the molecule is [NH3+][C@@H](Cc1ccc(O)cc1)C(=O)NCC(=O)NCC(=O)OC[C@H]1O[C@@H](O)[C@H](O)[C@@H](O)[C@@H]1O. The van der Waals surface area contributed by atoms with Crippen LogP contribution in [0.5, 0.6) is 5.75 Å². The van der Waals surface area contributed by atoms with E-state index in [0.29, 0.717) is 6.42 Å². The summed E-state index contributed by atoms with van der Waals surface area (Å²) in [5.74, 6) is -1.92. The van der Waals surface area contributed by atoms with E-state index in [9.17, 15) is 39.9 Å². The Morgan fingerprint density at radius 2 is 1.66 bits per heavy atom. The molecule has 1 heterocycles. The molecule has 0 radical (unpaired) electrons. The molecule has 6 atom stereocenters. The number of benzene rings is 1. The van der Waals surface area contributed by atoms with E-state index >= 15 is 0 Å². The maximum atomic E-state index is 12.1. The van der Waals surface area contributed by atoms with Crippen LogP contribution in [0.1, 0.15) is 5.56 Å². The minimum atomic E-state index is -1.76. The predicted molar refractivity (Wildman–Crippen MR) is 104 cm³/mol. The normalized spacial score (nSPS) is 26.1. The van der Waals surface area contributed by atoms with Crippen molar-refractivity contribution in [3.05, 3.63) is 29.8 Å². The van der Waals surface area contributed by atoms with Crippen molar-refractivity contribution < 1.29 is 55.1 Å². The topological polar surface area (TPSA) is 223 Å². The second-order valence-electron chi connectivity index (χ2n) is 7.28. The second-order valence-corrected chi connectivity index (χ2v) is 7.28. The summed E-state index contributed by atoms with van der Waals surface area (Å²) < 4.78 is 9.67. The molecule has 1 fully saturated rings. The van der Waals surface area contributed by atoms with Crippen LogP contribution in [0, 0.1) is 0 Å². The van der Waals surface area contributed by atoms with Crippen LogP contribution in [-0.4, -0.2) is 99.8 Å². The quantitative estimate of drug-likeness (QED) is 0.165. The molecule has 1 aliphatic heterocycles. The maximum Gasteiger partial charge on any atom is 0.325 e. The lowest BCUT2D eigenvalue weighted by molar-refractivity contribution is -0.403. The lowest BCUT2D eigenvalue weighted by atomic mass is 9.99. The first-order valence-electron chi connectivity index (χ1n) is 9.77. The van der Waals surface area contributed by atoms with E-state index in [0.717, 1.165) is 5.56 Å². The number of rotatable bonds is 9. The first-order valence-corrected chi connectivity index (χ1v) is 9.77. The predicted octanol–water partition coefficient (Wildman–Crippen LogP) is -4.88. The zero-order valence-electron chi connectivity index (χ0n) is 17.1. The first-order chi connectivity index (χ1) is 15.1. The summed E-state index contributed by atoms with van der Waals surface area (Å²) in [6.45, 7) is -1.46. The molecule has 13 heteroatoms. The Morgan fingerprint density at radius 1 is 1.00 bits per heavy atom. The summed E-state index contributed by atoms with van der Waals surface area (Å²) in [4.78, 5) is 35.6. The van der Waals surface area contributed by atoms with Gasteiger partial charge in [-0.05, 0) is 17.7 Å². The highest BCUT2D eigenvalue weighted by Crippen LogP contribution is 2.20. The summed E-state index contributed by atoms with van der Waals surface area (Å²) in [6.07, 6.45) is -7.71. The molecule has 32 heavy (non-hydrogen) atoms. The van der Waals surface area contributed by atoms with Gasteiger partial charge in [0.15, 0.2) is 12.3 Å². The first kappa shape index (κ1) is 25.5. The third-order valence-electron chi connectivity index (χ3n) is 4.74. The maximum absolute atomic E-state index is 12.1. The third kappa shape index (κ3) is 7.40. The minimum absolute atomic E-state index is 0.102. The van der Waals surface area contributed by atoms with Crippen molar-refractivity contribution in [2.24, 2.45) is 0 Å². The number of phenolic OH excluding ortho intramolecular Hbond substituents is 1. The van der Waals surface area contributed by atoms with E-state index in [1.807, 2.05) is 0 Å². The van der Waals surface area contributed by atoms with Crippen LogP contribution in [0.15, 0.2) is 24.3 Å². The Bertz CT molecular complexity index is 790. The highest BCUT2D eigenvalue weighted by molar-refractivity contribution is 5.88. The molecule has 1 aliphatic rings. The average Bonchev–Trinajstić information content (AvgIpc) is 2.77. The van der Waals surface area contributed by atoms with E-state index < -0.39 is 74.2 Å². The summed E-state index contributed by atoms with van der Waals surface area (Å²) in [5.41, 5.74) is 4.52. The molecule has 0 bridgehead atoms. The second kappa shape index (κ2) is 11.7. The van der Waals surface area contributed by atoms with Crippen molar-refractivity contribution >= 4 is 17.8 Å². The van der Waals surface area contributed by atoms with Crippen molar-refractivity contribution in [2.45, 2.75) is 43.2 Å². The van der Waals surface area contributed by atoms with Gasteiger partial charge < -0.3 is 51.4 Å². The number of quaternary nitrogens is 1. The van der Waals surface area contributed by atoms with Crippen LogP contribution < -0.4 is 16.4 Å². The number of aromatic hydroxyl groups is 1. The van der Waals surface area contributed by atoms with Gasteiger partial charge in [-0.3, -0.25) is 14.4 Å². The molecule has 0 aliphatic carbocycles. The molecule has 178 valence electrons. The largest absolute Gasteiger partial charge is 0.508 e. The van der Waals surface area contributed by atoms with Gasteiger partial charge in [0.25, 0.3) is 5.91 Å². The van der Waals surface area contributed by atoms with Gasteiger partial charge in [-0.2, -0.15) is 0 Å². The Labute approximate surface area is 182 Å². The number of ether oxygens (including phenoxy) is 2. The van der Waals surface area contributed by atoms with Gasteiger partial charge in [-0.15, -0.1) is 0 Å². The number of carbonyl (C=O) groups excluding carboxylic acids is 3. The van der Waals surface area contributed by atoms with Crippen molar-refractivity contribution in [1.82, 2.24) is 10.6 Å². The molecule has 0 spiro atoms. The molecule has 10 N–H and O–H groups in total. The highest BCUT2D eigenvalue weighted by atomic mass is 16.6. The van der Waals surface area contributed by atoms with E-state index in [1.165, 1.54) is 12.1 Å². The van der Waals surface area contributed by atoms with Gasteiger partial charge >= 0.3 is 5.97 Å². The monoisotopic (exact) mass is 458 g/mol. The van der Waals surface area contributed by atoms with Gasteiger partial charge in [0.1, 0.15) is 43.3 Å². The molecule has 1 aromatic rings. The van der Waals surface area contributed by atoms with Crippen LogP contribution in [0.4, 0.5) is 0 Å². The van der Waals surface area contributed by atoms with Crippen LogP contribution in [0.25, 0.3) is 0 Å². The van der Waals surface area contributed by atoms with Gasteiger partial charge in [0, 0.05) is 6.42 Å². The molecular weight excluding hydrogens is 430 g/mol. The molecular formula is C19H28N3O10+. The number of phenols is 1.